The molecule has 0 bridgehead atoms. The summed E-state index contributed by atoms with van der Waals surface area (Å²) in [5.41, 5.74) is 14.8. The van der Waals surface area contributed by atoms with Gasteiger partial charge in [0, 0.05) is 117 Å². The highest BCUT2D eigenvalue weighted by Crippen LogP contribution is 2.38. The quantitative estimate of drug-likeness (QED) is 0.0277. The monoisotopic (exact) mass is 1950 g/mol. The summed E-state index contributed by atoms with van der Waals surface area (Å²) >= 11 is 21.2. The van der Waals surface area contributed by atoms with Crippen LogP contribution in [0.4, 0.5) is 8.78 Å². The minimum Gasteiger partial charge on any atom is -0.316 e. The molecule has 0 saturated heterocycles. The van der Waals surface area contributed by atoms with E-state index in [-0.39, 0.29) is 27.4 Å². The molecule has 0 amide bonds. The molecule has 8 nitrogen and oxygen atoms in total. The number of unbranched alkanes of at least 4 members (excludes halogenated alkanes) is 1. The van der Waals surface area contributed by atoms with E-state index in [2.05, 4.69) is 231 Å². The van der Waals surface area contributed by atoms with E-state index < -0.39 is 48.4 Å². The molecule has 0 aliphatic carbocycles. The summed E-state index contributed by atoms with van der Waals surface area (Å²) < 4.78 is 80.4. The average molecular weight is 1950 g/mol. The first-order valence-corrected chi connectivity index (χ1v) is 52.3. The van der Waals surface area contributed by atoms with Crippen LogP contribution >= 0.6 is 66.8 Å². The fraction of sp³-hybridized carbons (Fsp3) is 0.271. The number of aryl methyl sites for hydroxylation is 3. The Labute approximate surface area is 789 Å². The van der Waals surface area contributed by atoms with Gasteiger partial charge in [-0.3, -0.25) is 16.8 Å². The smallest absolute Gasteiger partial charge is 0.123 e. The van der Waals surface area contributed by atoms with E-state index >= 15 is 0 Å². The number of rotatable bonds is 44. The number of halogens is 6. The van der Waals surface area contributed by atoms with Crippen LogP contribution in [-0.4, -0.2) is 98.0 Å². The van der Waals surface area contributed by atoms with Gasteiger partial charge in [0.15, 0.2) is 0 Å². The van der Waals surface area contributed by atoms with E-state index in [9.17, 15) is 25.6 Å². The molecule has 0 aromatic heterocycles. The van der Waals surface area contributed by atoms with Crippen LogP contribution in [0.5, 0.6) is 0 Å². The Bertz CT molecular complexity index is 4820. The second-order valence-electron chi connectivity index (χ2n) is 30.2. The van der Waals surface area contributed by atoms with Gasteiger partial charge in [0.05, 0.1) is 26.2 Å². The van der Waals surface area contributed by atoms with Crippen molar-refractivity contribution >= 4 is 110 Å². The molecule has 13 aromatic rings. The number of thioether (sulfide) groups is 1. The van der Waals surface area contributed by atoms with Crippen molar-refractivity contribution in [1.82, 2.24) is 21.3 Å². The first-order chi connectivity index (χ1) is 61.6. The Morgan fingerprint density at radius 3 is 0.794 bits per heavy atom. The van der Waals surface area contributed by atoms with E-state index in [1.165, 1.54) is 71.3 Å². The molecule has 0 radical (unpaired) electrons. The summed E-state index contributed by atoms with van der Waals surface area (Å²) in [6.45, 7) is 11.3. The van der Waals surface area contributed by atoms with Gasteiger partial charge < -0.3 is 21.3 Å². The molecule has 0 aliphatic rings. The molecule has 4 atom stereocenters. The third kappa shape index (κ3) is 37.6. The van der Waals surface area contributed by atoms with E-state index in [0.29, 0.717) is 39.1 Å². The third-order valence-electron chi connectivity index (χ3n) is 20.6. The van der Waals surface area contributed by atoms with Crippen molar-refractivity contribution in [3.05, 3.63) is 461 Å². The van der Waals surface area contributed by atoms with Crippen molar-refractivity contribution in [2.75, 3.05) is 81.1 Å². The van der Waals surface area contributed by atoms with Gasteiger partial charge in [-0.1, -0.05) is 360 Å². The lowest BCUT2D eigenvalue weighted by Gasteiger charge is -2.18. The Balaban J connectivity index is 0.000000180. The summed E-state index contributed by atoms with van der Waals surface area (Å²) in [4.78, 5) is 0. The Hall–Kier alpha value is -7.95. The molecule has 0 saturated carbocycles. The molecule has 0 spiro atoms. The maximum absolute atomic E-state index is 13.3. The van der Waals surface area contributed by atoms with Gasteiger partial charge >= 0.3 is 0 Å². The van der Waals surface area contributed by atoms with E-state index in [0.717, 1.165) is 149 Å². The van der Waals surface area contributed by atoms with E-state index in [1.807, 2.05) is 157 Å². The zero-order chi connectivity index (χ0) is 89.0. The van der Waals surface area contributed by atoms with E-state index in [4.69, 9.17) is 23.2 Å². The molecule has 0 heterocycles. The van der Waals surface area contributed by atoms with E-state index in [1.54, 1.807) is 24.3 Å². The minimum atomic E-state index is -1.22. The normalized spacial score (nSPS) is 12.1. The van der Waals surface area contributed by atoms with Crippen LogP contribution < -0.4 is 21.3 Å². The first-order valence-electron chi connectivity index (χ1n) is 43.4. The van der Waals surface area contributed by atoms with Crippen LogP contribution in [0.3, 0.4) is 0 Å². The van der Waals surface area contributed by atoms with Crippen molar-refractivity contribution in [1.29, 1.82) is 0 Å². The lowest BCUT2D eigenvalue weighted by molar-refractivity contribution is 0.625. The zero-order valence-electron chi connectivity index (χ0n) is 71.9. The van der Waals surface area contributed by atoms with Crippen molar-refractivity contribution in [2.24, 2.45) is 0 Å². The fourth-order valence-corrected chi connectivity index (χ4v) is 22.2. The highest BCUT2D eigenvalue weighted by atomic mass is 79.9. The SMILES string of the molecule is Brc1ccc(C(SCCNCCCc2ccccc2)c2ccc(Br)cc2)cc1.CCCCNCCS(=O)C(c1ccccc1)c1ccccc1.CCCS(=O)C(c1ccccc1)c1ccccc1.O=S(CCNCCCc1ccccc1)C(c1ccc(Cl)cc1)c1ccc(Cl)cc1.O=S(CCNCCCc1ccccc1)C(c1ccc(F)cc1)c1ccc(F)cc1. The third-order valence-corrected chi connectivity index (χ3v) is 30.4. The standard InChI is InChI=1S/C24H25Br2NS.C24H25Cl2NOS.C24H25F2NOS.C19H25NOS.C16H18OS/c25-22-12-8-20(9-13-22)24(21-10-14-23(26)15-11-21)28-18-17-27-16-4-7-19-5-2-1-3-6-19;2*25-22-12-8-20(9-13-22)24(21-10-14-23(26)15-11-21)29(28)18-17-27-16-4-7-19-5-2-1-3-6-19;1-2-3-14-20-15-16-22(21)19(17-10-6-4-7-11-17)18-12-8-5-9-13-18;1-2-13-18(17)16(14-9-5-3-6-10-14)15-11-7-4-8-12-15/h1-3,5-6,8-15,24,27H,4,7,16-18H2;2*1-3,5-6,8-15,24,27H,4,7,16-18H2;4-13,19-20H,2-3,14-16H2,1H3;3-12,16H,2,13H2,1H3. The molecule has 126 heavy (non-hydrogen) atoms. The summed E-state index contributed by atoms with van der Waals surface area (Å²) in [6, 6.07) is 117. The van der Waals surface area contributed by atoms with Gasteiger partial charge in [0.1, 0.15) is 11.6 Å². The molecule has 4 N–H and O–H groups in total. The maximum atomic E-state index is 13.3. The summed E-state index contributed by atoms with van der Waals surface area (Å²) in [5.74, 6) is 2.88. The average Bonchev–Trinajstić information content (AvgIpc) is 0.841. The zero-order valence-corrected chi connectivity index (χ0v) is 80.7. The van der Waals surface area contributed by atoms with Crippen molar-refractivity contribution < 1.29 is 25.6 Å². The lowest BCUT2D eigenvalue weighted by Crippen LogP contribution is -2.24. The van der Waals surface area contributed by atoms with Crippen LogP contribution in [0.1, 0.15) is 151 Å². The summed E-state index contributed by atoms with van der Waals surface area (Å²) in [6.07, 6.45) is 9.76. The van der Waals surface area contributed by atoms with Gasteiger partial charge in [0.25, 0.3) is 0 Å². The second-order valence-corrected chi connectivity index (χ2v) is 40.7. The second kappa shape index (κ2) is 60.0. The molecule has 19 heteroatoms. The van der Waals surface area contributed by atoms with Crippen molar-refractivity contribution in [3.63, 3.8) is 0 Å². The molecule has 13 aromatic carbocycles. The Kier molecular flexibility index (Phi) is 48.5. The van der Waals surface area contributed by atoms with Gasteiger partial charge in [-0.25, -0.2) is 8.78 Å². The molecular formula is C107H118Br2Cl2F2N4O4S5. The van der Waals surface area contributed by atoms with Crippen LogP contribution in [0.25, 0.3) is 0 Å². The number of nitrogens with one attached hydrogen (secondary N) is 4. The molecule has 0 fully saturated rings. The molecule has 4 unspecified atom stereocenters. The van der Waals surface area contributed by atoms with Crippen molar-refractivity contribution in [2.45, 2.75) is 97.9 Å². The largest absolute Gasteiger partial charge is 0.316 e. The number of hydrogen-bond acceptors (Lipinski definition) is 9. The first kappa shape index (κ1) is 102. The maximum Gasteiger partial charge on any atom is 0.123 e. The number of hydrogen-bond donors (Lipinski definition) is 4. The Morgan fingerprint density at radius 1 is 0.278 bits per heavy atom. The Morgan fingerprint density at radius 2 is 0.516 bits per heavy atom. The fourth-order valence-electron chi connectivity index (χ4n) is 14.1. The highest BCUT2D eigenvalue weighted by Gasteiger charge is 2.26. The van der Waals surface area contributed by atoms with Crippen molar-refractivity contribution in [3.8, 4) is 0 Å². The predicted octanol–water partition coefficient (Wildman–Crippen LogP) is 26.2. The molecule has 13 rings (SSSR count). The van der Waals surface area contributed by atoms with Crippen LogP contribution in [0.15, 0.2) is 367 Å². The number of benzene rings is 13. The molecular weight excluding hydrogens is 1830 g/mol. The summed E-state index contributed by atoms with van der Waals surface area (Å²) in [7, 11) is -4.07. The van der Waals surface area contributed by atoms with Crippen LogP contribution in [-0.2, 0) is 62.5 Å². The molecule has 662 valence electrons. The molecule has 0 aliphatic heterocycles. The topological polar surface area (TPSA) is 116 Å². The van der Waals surface area contributed by atoms with Gasteiger partial charge in [-0.15, -0.1) is 11.8 Å². The van der Waals surface area contributed by atoms with Crippen LogP contribution in [0, 0.1) is 11.6 Å². The van der Waals surface area contributed by atoms with Gasteiger partial charge in [-0.05, 0) is 223 Å². The van der Waals surface area contributed by atoms with Crippen LogP contribution in [0.2, 0.25) is 10.0 Å². The van der Waals surface area contributed by atoms with Gasteiger partial charge in [0.2, 0.25) is 0 Å². The van der Waals surface area contributed by atoms with Gasteiger partial charge in [-0.2, -0.15) is 0 Å². The summed E-state index contributed by atoms with van der Waals surface area (Å²) in [5, 5.41) is 14.8. The minimum absolute atomic E-state index is 0.00708. The highest BCUT2D eigenvalue weighted by molar-refractivity contribution is 9.10. The lowest BCUT2D eigenvalue weighted by atomic mass is 10.0. The predicted molar refractivity (Wildman–Crippen MR) is 544 cm³/mol.